The van der Waals surface area contributed by atoms with E-state index < -0.39 is 11.6 Å². The van der Waals surface area contributed by atoms with Gasteiger partial charge >= 0.3 is 0 Å². The number of fused-ring (bicyclic) bond motifs is 1. The van der Waals surface area contributed by atoms with Crippen molar-refractivity contribution in [2.24, 2.45) is 0 Å². The summed E-state index contributed by atoms with van der Waals surface area (Å²) in [5.74, 6) is -1.67. The van der Waals surface area contributed by atoms with Gasteiger partial charge in [0.2, 0.25) is 0 Å². The Morgan fingerprint density at radius 2 is 1.95 bits per heavy atom. The van der Waals surface area contributed by atoms with E-state index in [9.17, 15) is 8.78 Å². The molecule has 2 aromatic rings. The van der Waals surface area contributed by atoms with Gasteiger partial charge in [-0.05, 0) is 19.4 Å². The number of nitrogens with one attached hydrogen (secondary N) is 1. The van der Waals surface area contributed by atoms with Crippen LogP contribution in [0.5, 0.6) is 0 Å². The lowest BCUT2D eigenvalue weighted by Gasteiger charge is -2.08. The van der Waals surface area contributed by atoms with E-state index in [0.717, 1.165) is 32.0 Å². The molecular formula is C14H19F2N3. The molecule has 0 saturated heterocycles. The van der Waals surface area contributed by atoms with Crippen LogP contribution in [0.25, 0.3) is 11.0 Å². The zero-order valence-corrected chi connectivity index (χ0v) is 11.3. The Bertz CT molecular complexity index is 549. The smallest absolute Gasteiger partial charge is 0.161 e. The Hall–Kier alpha value is -1.49. The van der Waals surface area contributed by atoms with E-state index in [-0.39, 0.29) is 0 Å². The van der Waals surface area contributed by atoms with Crippen LogP contribution in [-0.4, -0.2) is 22.1 Å². The van der Waals surface area contributed by atoms with E-state index in [0.29, 0.717) is 17.1 Å². The number of rotatable bonds is 6. The molecule has 0 aliphatic rings. The van der Waals surface area contributed by atoms with Crippen LogP contribution in [0.3, 0.4) is 0 Å². The molecule has 2 rings (SSSR count). The largest absolute Gasteiger partial charge is 0.331 e. The van der Waals surface area contributed by atoms with Crippen LogP contribution in [-0.2, 0) is 6.54 Å². The number of aromatic nitrogens is 2. The van der Waals surface area contributed by atoms with Crippen LogP contribution in [0.4, 0.5) is 8.78 Å². The van der Waals surface area contributed by atoms with Gasteiger partial charge in [-0.3, -0.25) is 0 Å². The molecule has 1 aromatic carbocycles. The van der Waals surface area contributed by atoms with Crippen molar-refractivity contribution in [3.8, 4) is 0 Å². The Labute approximate surface area is 111 Å². The molecule has 0 bridgehead atoms. The molecule has 0 aliphatic carbocycles. The number of hydrogen-bond acceptors (Lipinski definition) is 2. The van der Waals surface area contributed by atoms with Crippen LogP contribution < -0.4 is 5.32 Å². The van der Waals surface area contributed by atoms with Crippen molar-refractivity contribution < 1.29 is 8.78 Å². The Morgan fingerprint density at radius 3 is 2.68 bits per heavy atom. The summed E-state index contributed by atoms with van der Waals surface area (Å²) in [6.45, 7) is 5.95. The molecule has 19 heavy (non-hydrogen) atoms. The van der Waals surface area contributed by atoms with E-state index in [4.69, 9.17) is 0 Å². The lowest BCUT2D eigenvalue weighted by atomic mass is 10.2. The topological polar surface area (TPSA) is 29.9 Å². The van der Waals surface area contributed by atoms with Gasteiger partial charge < -0.3 is 9.88 Å². The highest BCUT2D eigenvalue weighted by Gasteiger charge is 2.08. The Morgan fingerprint density at radius 1 is 1.21 bits per heavy atom. The molecule has 5 heteroatoms. The quantitative estimate of drug-likeness (QED) is 0.815. The fourth-order valence-corrected chi connectivity index (χ4v) is 2.03. The maximum atomic E-state index is 13.2. The standard InChI is InChI=1S/C14H19F2N3/c1-10(2)17-5-3-4-6-19-9-18-13-7-11(15)12(16)8-14(13)19/h7-10,17H,3-6H2,1-2H3. The van der Waals surface area contributed by atoms with E-state index in [1.807, 2.05) is 4.57 Å². The van der Waals surface area contributed by atoms with E-state index in [2.05, 4.69) is 24.1 Å². The predicted molar refractivity (Wildman–Crippen MR) is 72.0 cm³/mol. The molecule has 3 nitrogen and oxygen atoms in total. The maximum absolute atomic E-state index is 13.2. The minimum absolute atomic E-state index is 0.492. The van der Waals surface area contributed by atoms with Gasteiger partial charge in [-0.2, -0.15) is 0 Å². The summed E-state index contributed by atoms with van der Waals surface area (Å²) in [5.41, 5.74) is 1.15. The summed E-state index contributed by atoms with van der Waals surface area (Å²) in [6.07, 6.45) is 3.66. The van der Waals surface area contributed by atoms with Gasteiger partial charge in [0.1, 0.15) is 0 Å². The lowest BCUT2D eigenvalue weighted by molar-refractivity contribution is 0.509. The zero-order valence-electron chi connectivity index (χ0n) is 11.3. The number of nitrogens with zero attached hydrogens (tertiary/aromatic N) is 2. The SMILES string of the molecule is CC(C)NCCCCn1cnc2cc(F)c(F)cc21. The zero-order chi connectivity index (χ0) is 13.8. The number of imidazole rings is 1. The first-order valence-electron chi connectivity index (χ1n) is 6.61. The molecule has 0 amide bonds. The van der Waals surface area contributed by atoms with Gasteiger partial charge in [0.15, 0.2) is 11.6 Å². The highest BCUT2D eigenvalue weighted by molar-refractivity contribution is 5.75. The van der Waals surface area contributed by atoms with Crippen LogP contribution in [0.2, 0.25) is 0 Å². The van der Waals surface area contributed by atoms with Crippen molar-refractivity contribution >= 4 is 11.0 Å². The molecule has 1 aromatic heterocycles. The molecule has 0 atom stereocenters. The average molecular weight is 267 g/mol. The van der Waals surface area contributed by atoms with Gasteiger partial charge in [0.05, 0.1) is 17.4 Å². The molecule has 0 fully saturated rings. The first-order chi connectivity index (χ1) is 9.08. The number of unbranched alkanes of at least 4 members (excludes halogenated alkanes) is 1. The normalized spacial score (nSPS) is 11.6. The molecule has 0 spiro atoms. The fraction of sp³-hybridized carbons (Fsp3) is 0.500. The van der Waals surface area contributed by atoms with Gasteiger partial charge in [0, 0.05) is 24.7 Å². The summed E-state index contributed by atoms with van der Waals surface area (Å²) in [7, 11) is 0. The second kappa shape index (κ2) is 6.10. The summed E-state index contributed by atoms with van der Waals surface area (Å²) < 4.78 is 28.1. The van der Waals surface area contributed by atoms with Gasteiger partial charge in [0.25, 0.3) is 0 Å². The van der Waals surface area contributed by atoms with Crippen molar-refractivity contribution in [3.63, 3.8) is 0 Å². The number of aryl methyl sites for hydroxylation is 1. The summed E-state index contributed by atoms with van der Waals surface area (Å²) in [5, 5.41) is 3.34. The third kappa shape index (κ3) is 3.50. The number of benzene rings is 1. The van der Waals surface area contributed by atoms with Crippen molar-refractivity contribution in [1.29, 1.82) is 0 Å². The summed E-state index contributed by atoms with van der Waals surface area (Å²) in [6, 6.07) is 2.84. The van der Waals surface area contributed by atoms with Crippen molar-refractivity contribution in [2.75, 3.05) is 6.54 Å². The van der Waals surface area contributed by atoms with Crippen LogP contribution in [0.1, 0.15) is 26.7 Å². The summed E-state index contributed by atoms with van der Waals surface area (Å²) >= 11 is 0. The third-order valence-electron chi connectivity index (χ3n) is 3.04. The number of halogens is 2. The third-order valence-corrected chi connectivity index (χ3v) is 3.04. The highest BCUT2D eigenvalue weighted by Crippen LogP contribution is 2.17. The lowest BCUT2D eigenvalue weighted by Crippen LogP contribution is -2.23. The minimum Gasteiger partial charge on any atom is -0.331 e. The minimum atomic E-state index is -0.848. The van der Waals surface area contributed by atoms with Gasteiger partial charge in [-0.25, -0.2) is 13.8 Å². The van der Waals surface area contributed by atoms with Crippen molar-refractivity contribution in [2.45, 2.75) is 39.3 Å². The predicted octanol–water partition coefficient (Wildman–Crippen LogP) is 3.09. The first-order valence-corrected chi connectivity index (χ1v) is 6.61. The summed E-state index contributed by atoms with van der Waals surface area (Å²) in [4.78, 5) is 4.09. The van der Waals surface area contributed by atoms with E-state index in [1.165, 1.54) is 6.07 Å². The molecule has 0 unspecified atom stereocenters. The number of hydrogen-bond donors (Lipinski definition) is 1. The van der Waals surface area contributed by atoms with Crippen molar-refractivity contribution in [3.05, 3.63) is 30.1 Å². The maximum Gasteiger partial charge on any atom is 0.161 e. The second-order valence-corrected chi connectivity index (χ2v) is 5.01. The second-order valence-electron chi connectivity index (χ2n) is 5.01. The molecular weight excluding hydrogens is 248 g/mol. The van der Waals surface area contributed by atoms with Gasteiger partial charge in [-0.15, -0.1) is 0 Å². The molecule has 0 aliphatic heterocycles. The molecule has 0 radical (unpaired) electrons. The van der Waals surface area contributed by atoms with E-state index in [1.54, 1.807) is 6.33 Å². The molecule has 0 saturated carbocycles. The van der Waals surface area contributed by atoms with Crippen LogP contribution in [0, 0.1) is 11.6 Å². The van der Waals surface area contributed by atoms with Gasteiger partial charge in [-0.1, -0.05) is 13.8 Å². The Kier molecular flexibility index (Phi) is 4.47. The fourth-order valence-electron chi connectivity index (χ4n) is 2.03. The molecule has 1 N–H and O–H groups in total. The monoisotopic (exact) mass is 267 g/mol. The Balaban J connectivity index is 1.96. The highest BCUT2D eigenvalue weighted by atomic mass is 19.2. The van der Waals surface area contributed by atoms with Crippen LogP contribution in [0.15, 0.2) is 18.5 Å². The molecule has 1 heterocycles. The first kappa shape index (κ1) is 13.9. The molecule has 104 valence electrons. The van der Waals surface area contributed by atoms with E-state index >= 15 is 0 Å². The van der Waals surface area contributed by atoms with Crippen molar-refractivity contribution in [1.82, 2.24) is 14.9 Å². The van der Waals surface area contributed by atoms with Crippen LogP contribution >= 0.6 is 0 Å². The average Bonchev–Trinajstić information content (AvgIpc) is 2.72.